The summed E-state index contributed by atoms with van der Waals surface area (Å²) < 4.78 is 0. The third kappa shape index (κ3) is 1.81. The highest BCUT2D eigenvalue weighted by Crippen LogP contribution is 2.19. The highest BCUT2D eigenvalue weighted by Gasteiger charge is 2.05. The molecule has 0 amide bonds. The van der Waals surface area contributed by atoms with Gasteiger partial charge in [-0.05, 0) is 25.5 Å². The van der Waals surface area contributed by atoms with Crippen molar-refractivity contribution in [2.75, 3.05) is 0 Å². The maximum atomic E-state index is 11.4. The van der Waals surface area contributed by atoms with E-state index >= 15 is 0 Å². The molecule has 0 aromatic carbocycles. The average Bonchev–Trinajstić information content (AvgIpc) is 2.25. The molecule has 15 heavy (non-hydrogen) atoms. The molecule has 0 atom stereocenters. The van der Waals surface area contributed by atoms with Crippen LogP contribution in [0.2, 0.25) is 0 Å². The van der Waals surface area contributed by atoms with E-state index in [1.165, 1.54) is 0 Å². The van der Waals surface area contributed by atoms with Gasteiger partial charge in [-0.15, -0.1) is 0 Å². The lowest BCUT2D eigenvalue weighted by Crippen LogP contribution is -2.11. The molecule has 0 saturated heterocycles. The Kier molecular flexibility index (Phi) is 2.37. The number of rotatable bonds is 1. The normalized spacial score (nSPS) is 10.3. The van der Waals surface area contributed by atoms with Crippen molar-refractivity contribution in [1.29, 1.82) is 0 Å². The quantitative estimate of drug-likeness (QED) is 0.746. The minimum Gasteiger partial charge on any atom is -0.326 e. The lowest BCUT2D eigenvalue weighted by atomic mass is 10.0. The number of hydrogen-bond acceptors (Lipinski definition) is 1. The van der Waals surface area contributed by atoms with Crippen molar-refractivity contribution < 1.29 is 4.98 Å². The first kappa shape index (κ1) is 9.65. The summed E-state index contributed by atoms with van der Waals surface area (Å²) in [6, 6.07) is 5.89. The fraction of sp³-hybridized carbons (Fsp3) is 0.167. The topological polar surface area (TPSA) is 47.0 Å². The van der Waals surface area contributed by atoms with E-state index in [0.717, 1.165) is 22.4 Å². The Hall–Kier alpha value is -1.90. The van der Waals surface area contributed by atoms with E-state index in [9.17, 15) is 4.79 Å². The third-order valence-corrected chi connectivity index (χ3v) is 2.45. The molecule has 0 spiro atoms. The second-order valence-corrected chi connectivity index (χ2v) is 3.61. The molecule has 2 aromatic rings. The Bertz CT molecular complexity index is 529. The van der Waals surface area contributed by atoms with E-state index in [1.807, 2.05) is 44.4 Å². The highest BCUT2D eigenvalue weighted by molar-refractivity contribution is 5.65. The van der Waals surface area contributed by atoms with Crippen molar-refractivity contribution in [1.82, 2.24) is 4.98 Å². The third-order valence-electron chi connectivity index (χ3n) is 2.45. The zero-order chi connectivity index (χ0) is 10.8. The van der Waals surface area contributed by atoms with Gasteiger partial charge in [-0.1, -0.05) is 0 Å². The number of aromatic nitrogens is 2. The molecule has 0 saturated carbocycles. The molecule has 2 aromatic heterocycles. The molecule has 2 heterocycles. The molecule has 2 N–H and O–H groups in total. The fourth-order valence-electron chi connectivity index (χ4n) is 1.59. The summed E-state index contributed by atoms with van der Waals surface area (Å²) in [6.07, 6.45) is 3.74. The van der Waals surface area contributed by atoms with Gasteiger partial charge in [0, 0.05) is 29.0 Å². The van der Waals surface area contributed by atoms with E-state index in [-0.39, 0.29) is 5.56 Å². The number of hydrogen-bond donors (Lipinski definition) is 1. The van der Waals surface area contributed by atoms with Gasteiger partial charge in [-0.25, -0.2) is 4.98 Å². The first-order valence-electron chi connectivity index (χ1n) is 4.85. The van der Waals surface area contributed by atoms with E-state index in [2.05, 4.69) is 9.97 Å². The van der Waals surface area contributed by atoms with Crippen LogP contribution in [0.4, 0.5) is 0 Å². The molecular weight excluding hydrogens is 188 g/mol. The van der Waals surface area contributed by atoms with Crippen LogP contribution in [0, 0.1) is 13.8 Å². The second-order valence-electron chi connectivity index (χ2n) is 3.61. The van der Waals surface area contributed by atoms with Gasteiger partial charge in [0.15, 0.2) is 12.4 Å². The van der Waals surface area contributed by atoms with Crippen LogP contribution in [0.5, 0.6) is 0 Å². The summed E-state index contributed by atoms with van der Waals surface area (Å²) in [5.41, 5.74) is 3.80. The van der Waals surface area contributed by atoms with Crippen molar-refractivity contribution in [2.24, 2.45) is 0 Å². The summed E-state index contributed by atoms with van der Waals surface area (Å²) in [6.45, 7) is 3.73. The van der Waals surface area contributed by atoms with Crippen LogP contribution in [0.15, 0.2) is 35.4 Å². The van der Waals surface area contributed by atoms with Gasteiger partial charge < -0.3 is 4.98 Å². The molecule has 0 unspecified atom stereocenters. The number of nitrogens with one attached hydrogen (secondary N) is 2. The lowest BCUT2D eigenvalue weighted by Gasteiger charge is -2.05. The van der Waals surface area contributed by atoms with Crippen molar-refractivity contribution in [2.45, 2.75) is 13.8 Å². The molecule has 0 bridgehead atoms. The summed E-state index contributed by atoms with van der Waals surface area (Å²) >= 11 is 0. The maximum absolute atomic E-state index is 11.4. The standard InChI is InChI=1S/C12H12N2O/c1-8-7-11(9(2)14-12(8)15)10-3-5-13-6-4-10/h3-7H,1-2H3,(H,14,15)/p+1. The summed E-state index contributed by atoms with van der Waals surface area (Å²) in [5, 5.41) is 0. The van der Waals surface area contributed by atoms with Crippen LogP contribution in [-0.4, -0.2) is 4.98 Å². The van der Waals surface area contributed by atoms with Crippen LogP contribution in [0.3, 0.4) is 0 Å². The minimum absolute atomic E-state index is 0.0151. The number of H-pyrrole nitrogens is 2. The zero-order valence-electron chi connectivity index (χ0n) is 8.79. The lowest BCUT2D eigenvalue weighted by molar-refractivity contribution is -0.377. The molecule has 2 rings (SSSR count). The van der Waals surface area contributed by atoms with Crippen LogP contribution in [-0.2, 0) is 0 Å². The van der Waals surface area contributed by atoms with Crippen molar-refractivity contribution in [3.63, 3.8) is 0 Å². The first-order valence-corrected chi connectivity index (χ1v) is 4.85. The number of aryl methyl sites for hydroxylation is 2. The van der Waals surface area contributed by atoms with Crippen LogP contribution < -0.4 is 10.5 Å². The number of pyridine rings is 2. The van der Waals surface area contributed by atoms with Crippen LogP contribution >= 0.6 is 0 Å². The predicted molar refractivity (Wildman–Crippen MR) is 58.5 cm³/mol. The zero-order valence-corrected chi connectivity index (χ0v) is 8.79. The predicted octanol–water partition coefficient (Wildman–Crippen LogP) is 1.47. The van der Waals surface area contributed by atoms with E-state index < -0.39 is 0 Å². The Morgan fingerprint density at radius 3 is 2.53 bits per heavy atom. The molecule has 0 fully saturated rings. The van der Waals surface area contributed by atoms with Gasteiger partial charge in [0.1, 0.15) is 0 Å². The van der Waals surface area contributed by atoms with Gasteiger partial charge in [0.05, 0.1) is 0 Å². The van der Waals surface area contributed by atoms with E-state index in [1.54, 1.807) is 0 Å². The van der Waals surface area contributed by atoms with Gasteiger partial charge in [-0.3, -0.25) is 4.79 Å². The first-order chi connectivity index (χ1) is 7.18. The average molecular weight is 201 g/mol. The second kappa shape index (κ2) is 3.69. The largest absolute Gasteiger partial charge is 0.326 e. The molecular formula is C12H13N2O+. The molecule has 0 aliphatic heterocycles. The highest BCUT2D eigenvalue weighted by atomic mass is 16.1. The fourth-order valence-corrected chi connectivity index (χ4v) is 1.59. The van der Waals surface area contributed by atoms with Gasteiger partial charge in [-0.2, -0.15) is 0 Å². The monoisotopic (exact) mass is 201 g/mol. The van der Waals surface area contributed by atoms with Crippen molar-refractivity contribution in [3.05, 3.63) is 52.2 Å². The minimum atomic E-state index is -0.0151. The molecule has 0 radical (unpaired) electrons. The number of aromatic amines is 2. The Morgan fingerprint density at radius 1 is 1.20 bits per heavy atom. The summed E-state index contributed by atoms with van der Waals surface area (Å²) in [4.78, 5) is 17.2. The van der Waals surface area contributed by atoms with Crippen molar-refractivity contribution >= 4 is 0 Å². The maximum Gasteiger partial charge on any atom is 0.251 e. The summed E-state index contributed by atoms with van der Waals surface area (Å²) in [7, 11) is 0. The Morgan fingerprint density at radius 2 is 1.87 bits per heavy atom. The molecule has 0 aliphatic rings. The van der Waals surface area contributed by atoms with Crippen molar-refractivity contribution in [3.8, 4) is 11.1 Å². The Labute approximate surface area is 87.8 Å². The van der Waals surface area contributed by atoms with Crippen LogP contribution in [0.25, 0.3) is 11.1 Å². The van der Waals surface area contributed by atoms with Gasteiger partial charge >= 0.3 is 0 Å². The molecule has 3 nitrogen and oxygen atoms in total. The SMILES string of the molecule is Cc1[nH]c(=O)c(C)cc1-c1cc[nH+]cc1. The molecule has 76 valence electrons. The molecule has 0 aliphatic carbocycles. The van der Waals surface area contributed by atoms with Gasteiger partial charge in [0.25, 0.3) is 5.56 Å². The molecule has 3 heteroatoms. The summed E-state index contributed by atoms with van der Waals surface area (Å²) in [5.74, 6) is 0. The van der Waals surface area contributed by atoms with E-state index in [0.29, 0.717) is 0 Å². The van der Waals surface area contributed by atoms with Crippen LogP contribution in [0.1, 0.15) is 11.3 Å². The smallest absolute Gasteiger partial charge is 0.251 e. The Balaban J connectivity index is 2.64. The van der Waals surface area contributed by atoms with E-state index in [4.69, 9.17) is 0 Å². The van der Waals surface area contributed by atoms with Gasteiger partial charge in [0.2, 0.25) is 0 Å².